The third kappa shape index (κ3) is 2.35. The molecule has 1 unspecified atom stereocenters. The number of nitrogens with zero attached hydrogens (tertiary/aromatic N) is 4. The van der Waals surface area contributed by atoms with Gasteiger partial charge < -0.3 is 15.5 Å². The number of piperazine rings is 1. The SMILES string of the molecule is CC1CN(C)CCN1c1ccc([N+](=O)[O-])c(N)n1. The van der Waals surface area contributed by atoms with Crippen LogP contribution in [0, 0.1) is 10.1 Å². The molecule has 0 spiro atoms. The maximum atomic E-state index is 10.7. The van der Waals surface area contributed by atoms with Crippen molar-refractivity contribution in [1.82, 2.24) is 9.88 Å². The first kappa shape index (κ1) is 12.6. The number of pyridine rings is 1. The minimum Gasteiger partial charge on any atom is -0.378 e. The Kier molecular flexibility index (Phi) is 3.33. The van der Waals surface area contributed by atoms with Crippen LogP contribution in [0.1, 0.15) is 6.92 Å². The normalized spacial score (nSPS) is 21.0. The molecule has 0 aliphatic carbocycles. The van der Waals surface area contributed by atoms with Gasteiger partial charge in [-0.1, -0.05) is 0 Å². The average Bonchev–Trinajstić information content (AvgIpc) is 2.28. The van der Waals surface area contributed by atoms with E-state index in [4.69, 9.17) is 5.73 Å². The number of nitrogen functional groups attached to an aromatic ring is 1. The summed E-state index contributed by atoms with van der Waals surface area (Å²) in [5.41, 5.74) is 5.47. The predicted molar refractivity (Wildman–Crippen MR) is 69.6 cm³/mol. The average molecular weight is 251 g/mol. The summed E-state index contributed by atoms with van der Waals surface area (Å²) in [6.07, 6.45) is 0. The lowest BCUT2D eigenvalue weighted by Crippen LogP contribution is -2.50. The van der Waals surface area contributed by atoms with E-state index in [1.807, 2.05) is 0 Å². The highest BCUT2D eigenvalue weighted by Crippen LogP contribution is 2.25. The molecule has 1 aromatic heterocycles. The van der Waals surface area contributed by atoms with E-state index in [9.17, 15) is 10.1 Å². The van der Waals surface area contributed by atoms with Gasteiger partial charge in [0, 0.05) is 31.7 Å². The molecular formula is C11H17N5O2. The van der Waals surface area contributed by atoms with Gasteiger partial charge in [0.25, 0.3) is 0 Å². The van der Waals surface area contributed by atoms with Gasteiger partial charge in [0.2, 0.25) is 5.82 Å². The molecule has 0 saturated carbocycles. The lowest BCUT2D eigenvalue weighted by Gasteiger charge is -2.39. The number of hydrogen-bond donors (Lipinski definition) is 1. The topological polar surface area (TPSA) is 88.5 Å². The molecular weight excluding hydrogens is 234 g/mol. The fourth-order valence-corrected chi connectivity index (χ4v) is 2.25. The van der Waals surface area contributed by atoms with Gasteiger partial charge in [-0.05, 0) is 20.0 Å². The van der Waals surface area contributed by atoms with Crippen molar-refractivity contribution in [2.75, 3.05) is 37.3 Å². The van der Waals surface area contributed by atoms with E-state index >= 15 is 0 Å². The molecule has 7 heteroatoms. The van der Waals surface area contributed by atoms with Gasteiger partial charge in [0.1, 0.15) is 5.82 Å². The highest BCUT2D eigenvalue weighted by atomic mass is 16.6. The van der Waals surface area contributed by atoms with Gasteiger partial charge in [0.15, 0.2) is 0 Å². The van der Waals surface area contributed by atoms with Gasteiger partial charge >= 0.3 is 5.69 Å². The summed E-state index contributed by atoms with van der Waals surface area (Å²) in [4.78, 5) is 18.7. The lowest BCUT2D eigenvalue weighted by molar-refractivity contribution is -0.384. The van der Waals surface area contributed by atoms with Crippen LogP contribution < -0.4 is 10.6 Å². The Bertz CT molecular complexity index is 465. The Hall–Kier alpha value is -1.89. The maximum Gasteiger partial charge on any atom is 0.311 e. The van der Waals surface area contributed by atoms with Crippen molar-refractivity contribution in [1.29, 1.82) is 0 Å². The molecule has 1 fully saturated rings. The Morgan fingerprint density at radius 3 is 2.78 bits per heavy atom. The minimum absolute atomic E-state index is 0.0244. The number of nitrogens with two attached hydrogens (primary N) is 1. The first-order chi connectivity index (χ1) is 8.49. The molecule has 0 aromatic carbocycles. The van der Waals surface area contributed by atoms with Crippen molar-refractivity contribution < 1.29 is 4.92 Å². The second-order valence-corrected chi connectivity index (χ2v) is 4.64. The molecule has 1 atom stereocenters. The molecule has 2 rings (SSSR count). The zero-order valence-electron chi connectivity index (χ0n) is 10.5. The van der Waals surface area contributed by atoms with Crippen LogP contribution in [-0.2, 0) is 0 Å². The summed E-state index contributed by atoms with van der Waals surface area (Å²) < 4.78 is 0. The highest BCUT2D eigenvalue weighted by molar-refractivity contribution is 5.58. The van der Waals surface area contributed by atoms with E-state index in [-0.39, 0.29) is 11.5 Å². The number of hydrogen-bond acceptors (Lipinski definition) is 6. The fraction of sp³-hybridized carbons (Fsp3) is 0.545. The van der Waals surface area contributed by atoms with Crippen molar-refractivity contribution in [2.24, 2.45) is 0 Å². The highest BCUT2D eigenvalue weighted by Gasteiger charge is 2.24. The smallest absolute Gasteiger partial charge is 0.311 e. The van der Waals surface area contributed by atoms with Gasteiger partial charge in [-0.2, -0.15) is 0 Å². The van der Waals surface area contributed by atoms with Crippen LogP contribution in [0.3, 0.4) is 0 Å². The Balaban J connectivity index is 2.24. The van der Waals surface area contributed by atoms with E-state index < -0.39 is 4.92 Å². The number of nitro groups is 1. The van der Waals surface area contributed by atoms with Gasteiger partial charge in [0.05, 0.1) is 4.92 Å². The monoisotopic (exact) mass is 251 g/mol. The van der Waals surface area contributed by atoms with Gasteiger partial charge in [-0.3, -0.25) is 10.1 Å². The van der Waals surface area contributed by atoms with Crippen LogP contribution >= 0.6 is 0 Å². The van der Waals surface area contributed by atoms with Crippen molar-refractivity contribution in [3.63, 3.8) is 0 Å². The number of anilines is 2. The molecule has 0 radical (unpaired) electrons. The molecule has 7 nitrogen and oxygen atoms in total. The second-order valence-electron chi connectivity index (χ2n) is 4.64. The van der Waals surface area contributed by atoms with Crippen molar-refractivity contribution in [3.05, 3.63) is 22.2 Å². The van der Waals surface area contributed by atoms with Crippen LogP contribution in [0.2, 0.25) is 0 Å². The van der Waals surface area contributed by atoms with Crippen LogP contribution in [0.25, 0.3) is 0 Å². The first-order valence-electron chi connectivity index (χ1n) is 5.85. The molecule has 98 valence electrons. The zero-order valence-corrected chi connectivity index (χ0v) is 10.5. The summed E-state index contributed by atoms with van der Waals surface area (Å²) in [6.45, 7) is 4.85. The summed E-state index contributed by atoms with van der Waals surface area (Å²) >= 11 is 0. The molecule has 0 bridgehead atoms. The fourth-order valence-electron chi connectivity index (χ4n) is 2.25. The molecule has 0 amide bonds. The largest absolute Gasteiger partial charge is 0.378 e. The summed E-state index contributed by atoms with van der Waals surface area (Å²) in [6, 6.07) is 3.40. The maximum absolute atomic E-state index is 10.7. The summed E-state index contributed by atoms with van der Waals surface area (Å²) in [7, 11) is 2.07. The summed E-state index contributed by atoms with van der Waals surface area (Å²) in [5.74, 6) is 0.683. The Labute approximate surface area is 105 Å². The van der Waals surface area contributed by atoms with Crippen molar-refractivity contribution in [2.45, 2.75) is 13.0 Å². The van der Waals surface area contributed by atoms with Gasteiger partial charge in [-0.15, -0.1) is 0 Å². The van der Waals surface area contributed by atoms with Crippen molar-refractivity contribution >= 4 is 17.3 Å². The Morgan fingerprint density at radius 2 is 2.22 bits per heavy atom. The van der Waals surface area contributed by atoms with E-state index in [1.54, 1.807) is 6.07 Å². The van der Waals surface area contributed by atoms with E-state index in [1.165, 1.54) is 6.07 Å². The quantitative estimate of drug-likeness (QED) is 0.615. The van der Waals surface area contributed by atoms with E-state index in [2.05, 4.69) is 28.8 Å². The Morgan fingerprint density at radius 1 is 1.50 bits per heavy atom. The summed E-state index contributed by atoms with van der Waals surface area (Å²) in [5, 5.41) is 10.7. The molecule has 2 N–H and O–H groups in total. The lowest BCUT2D eigenvalue weighted by atomic mass is 10.2. The number of aromatic nitrogens is 1. The molecule has 1 aliphatic rings. The van der Waals surface area contributed by atoms with Gasteiger partial charge in [-0.25, -0.2) is 4.98 Å². The standard InChI is InChI=1S/C11H17N5O2/c1-8-7-14(2)5-6-15(8)10-4-3-9(16(17)18)11(12)13-10/h3-4,8H,5-7H2,1-2H3,(H2,12,13). The molecule has 2 heterocycles. The van der Waals surface area contributed by atoms with Crippen molar-refractivity contribution in [3.8, 4) is 0 Å². The van der Waals surface area contributed by atoms with Crippen LogP contribution in [-0.4, -0.2) is 47.5 Å². The zero-order chi connectivity index (χ0) is 13.3. The van der Waals surface area contributed by atoms with Crippen LogP contribution in [0.4, 0.5) is 17.3 Å². The first-order valence-corrected chi connectivity index (χ1v) is 5.85. The molecule has 1 aromatic rings. The third-order valence-corrected chi connectivity index (χ3v) is 3.21. The van der Waals surface area contributed by atoms with E-state index in [0.29, 0.717) is 11.9 Å². The number of likely N-dealkylation sites (N-methyl/N-ethyl adjacent to an activating group) is 1. The number of rotatable bonds is 2. The minimum atomic E-state index is -0.514. The molecule has 1 saturated heterocycles. The predicted octanol–water partition coefficient (Wildman–Crippen LogP) is 0.712. The van der Waals surface area contributed by atoms with Crippen LogP contribution in [0.5, 0.6) is 0 Å². The van der Waals surface area contributed by atoms with E-state index in [0.717, 1.165) is 19.6 Å². The molecule has 18 heavy (non-hydrogen) atoms. The third-order valence-electron chi connectivity index (χ3n) is 3.21. The second kappa shape index (κ2) is 4.77. The van der Waals surface area contributed by atoms with Crippen LogP contribution in [0.15, 0.2) is 12.1 Å². The molecule has 1 aliphatic heterocycles.